The summed E-state index contributed by atoms with van der Waals surface area (Å²) in [6, 6.07) is 0. The van der Waals surface area contributed by atoms with E-state index in [2.05, 4.69) is 0 Å². The molecule has 90 valence electrons. The van der Waals surface area contributed by atoms with Crippen molar-refractivity contribution in [2.45, 2.75) is 53.6 Å². The van der Waals surface area contributed by atoms with Crippen molar-refractivity contribution in [3.8, 4) is 0 Å². The van der Waals surface area contributed by atoms with Gasteiger partial charge in [0.2, 0.25) is 0 Å². The smallest absolute Gasteiger partial charge is 0.338 e. The monoisotopic (exact) mass is 216 g/mol. The Morgan fingerprint density at radius 3 is 1.73 bits per heavy atom. The molecule has 3 nitrogen and oxygen atoms in total. The summed E-state index contributed by atoms with van der Waals surface area (Å²) in [5.74, 6) is -0.551. The Morgan fingerprint density at radius 2 is 1.53 bits per heavy atom. The predicted molar refractivity (Wildman–Crippen MR) is 60.5 cm³/mol. The van der Waals surface area contributed by atoms with Crippen LogP contribution in [0.25, 0.3) is 0 Å². The molecular formula is C12H24O3. The second-order valence-corrected chi connectivity index (χ2v) is 6.34. The first-order chi connectivity index (χ1) is 6.44. The van der Waals surface area contributed by atoms with E-state index in [9.17, 15) is 9.90 Å². The van der Waals surface area contributed by atoms with E-state index in [4.69, 9.17) is 4.74 Å². The van der Waals surface area contributed by atoms with E-state index in [1.807, 2.05) is 41.5 Å². The van der Waals surface area contributed by atoms with Gasteiger partial charge in [0.15, 0.2) is 5.60 Å². The molecule has 0 heterocycles. The molecule has 1 atom stereocenters. The fraction of sp³-hybridized carbons (Fsp3) is 0.917. The third kappa shape index (κ3) is 3.49. The van der Waals surface area contributed by atoms with Crippen molar-refractivity contribution in [1.82, 2.24) is 0 Å². The highest BCUT2D eigenvalue weighted by Gasteiger charge is 2.49. The molecule has 0 amide bonds. The maximum absolute atomic E-state index is 11.7. The minimum atomic E-state index is -1.43. The molecule has 0 saturated heterocycles. The largest absolute Gasteiger partial charge is 0.467 e. The van der Waals surface area contributed by atoms with Crippen LogP contribution in [0.5, 0.6) is 0 Å². The Kier molecular flexibility index (Phi) is 3.97. The maximum Gasteiger partial charge on any atom is 0.338 e. The van der Waals surface area contributed by atoms with Crippen molar-refractivity contribution in [2.24, 2.45) is 10.8 Å². The number of methoxy groups -OCH3 is 1. The first kappa shape index (κ1) is 14.4. The average molecular weight is 216 g/mol. The molecule has 15 heavy (non-hydrogen) atoms. The molecule has 0 rings (SSSR count). The fourth-order valence-corrected chi connectivity index (χ4v) is 1.58. The van der Waals surface area contributed by atoms with Gasteiger partial charge in [0, 0.05) is 5.41 Å². The highest BCUT2D eigenvalue weighted by Crippen LogP contribution is 2.40. The van der Waals surface area contributed by atoms with Gasteiger partial charge in [-0.2, -0.15) is 0 Å². The Morgan fingerprint density at radius 1 is 1.13 bits per heavy atom. The molecule has 0 radical (unpaired) electrons. The van der Waals surface area contributed by atoms with Gasteiger partial charge in [-0.1, -0.05) is 41.5 Å². The van der Waals surface area contributed by atoms with E-state index >= 15 is 0 Å². The van der Waals surface area contributed by atoms with Crippen LogP contribution in [0.2, 0.25) is 0 Å². The van der Waals surface area contributed by atoms with E-state index in [0.29, 0.717) is 6.42 Å². The van der Waals surface area contributed by atoms with Gasteiger partial charge in [-0.3, -0.25) is 0 Å². The Labute approximate surface area is 92.8 Å². The number of ether oxygens (including phenoxy) is 1. The van der Waals surface area contributed by atoms with Crippen LogP contribution < -0.4 is 0 Å². The summed E-state index contributed by atoms with van der Waals surface area (Å²) in [6.07, 6.45) is 0.385. The Balaban J connectivity index is 5.14. The summed E-state index contributed by atoms with van der Waals surface area (Å²) < 4.78 is 4.70. The molecule has 0 bridgehead atoms. The minimum absolute atomic E-state index is 0.129. The van der Waals surface area contributed by atoms with Crippen LogP contribution in [0, 0.1) is 10.8 Å². The number of aliphatic hydroxyl groups is 1. The summed E-state index contributed by atoms with van der Waals surface area (Å²) in [5.41, 5.74) is -2.09. The SMILES string of the molecule is COC(=O)C(O)(CC(C)(C)C)C(C)(C)C. The lowest BCUT2D eigenvalue weighted by molar-refractivity contribution is -0.180. The van der Waals surface area contributed by atoms with Gasteiger partial charge in [0.05, 0.1) is 7.11 Å². The van der Waals surface area contributed by atoms with Crippen LogP contribution in [-0.2, 0) is 9.53 Å². The van der Waals surface area contributed by atoms with E-state index < -0.39 is 17.0 Å². The molecule has 1 unspecified atom stereocenters. The molecule has 0 aliphatic heterocycles. The molecule has 0 saturated carbocycles. The molecule has 1 N–H and O–H groups in total. The summed E-state index contributed by atoms with van der Waals surface area (Å²) in [6.45, 7) is 11.5. The van der Waals surface area contributed by atoms with E-state index in [1.54, 1.807) is 0 Å². The van der Waals surface area contributed by atoms with Crippen LogP contribution in [-0.4, -0.2) is 23.8 Å². The van der Waals surface area contributed by atoms with Crippen LogP contribution >= 0.6 is 0 Å². The van der Waals surface area contributed by atoms with Crippen LogP contribution in [0.4, 0.5) is 0 Å². The standard InChI is InChI=1S/C12H24O3/c1-10(2,3)8-12(14,9(13)15-7)11(4,5)6/h14H,8H2,1-7H3. The summed E-state index contributed by atoms with van der Waals surface area (Å²) in [5, 5.41) is 10.5. The lowest BCUT2D eigenvalue weighted by atomic mass is 9.68. The number of rotatable bonds is 2. The lowest BCUT2D eigenvalue weighted by Crippen LogP contribution is -2.52. The number of esters is 1. The lowest BCUT2D eigenvalue weighted by Gasteiger charge is -2.41. The summed E-state index contributed by atoms with van der Waals surface area (Å²) >= 11 is 0. The molecule has 3 heteroatoms. The second-order valence-electron chi connectivity index (χ2n) is 6.34. The van der Waals surface area contributed by atoms with E-state index in [-0.39, 0.29) is 5.41 Å². The average Bonchev–Trinajstić information content (AvgIpc) is 1.97. The number of hydrogen-bond donors (Lipinski definition) is 1. The minimum Gasteiger partial charge on any atom is -0.467 e. The van der Waals surface area contributed by atoms with Crippen LogP contribution in [0.15, 0.2) is 0 Å². The normalized spacial score (nSPS) is 17.1. The zero-order valence-corrected chi connectivity index (χ0v) is 11.0. The zero-order valence-electron chi connectivity index (χ0n) is 11.0. The first-order valence-corrected chi connectivity index (χ1v) is 5.25. The van der Waals surface area contributed by atoms with Gasteiger partial charge in [-0.05, 0) is 11.8 Å². The first-order valence-electron chi connectivity index (χ1n) is 5.25. The highest BCUT2D eigenvalue weighted by molar-refractivity contribution is 5.80. The van der Waals surface area contributed by atoms with Gasteiger partial charge in [0.1, 0.15) is 0 Å². The predicted octanol–water partition coefficient (Wildman–Crippen LogP) is 2.37. The van der Waals surface area contributed by atoms with Crippen molar-refractivity contribution < 1.29 is 14.6 Å². The van der Waals surface area contributed by atoms with Crippen molar-refractivity contribution in [3.05, 3.63) is 0 Å². The topological polar surface area (TPSA) is 46.5 Å². The molecule has 0 fully saturated rings. The number of carbonyl (C=O) groups is 1. The Hall–Kier alpha value is -0.570. The number of carbonyl (C=O) groups excluding carboxylic acids is 1. The van der Waals surface area contributed by atoms with Gasteiger partial charge >= 0.3 is 5.97 Å². The number of hydrogen-bond acceptors (Lipinski definition) is 3. The molecule has 0 aromatic carbocycles. The van der Waals surface area contributed by atoms with Crippen molar-refractivity contribution in [2.75, 3.05) is 7.11 Å². The molecule has 0 aromatic rings. The van der Waals surface area contributed by atoms with Crippen molar-refractivity contribution in [3.63, 3.8) is 0 Å². The summed E-state index contributed by atoms with van der Waals surface area (Å²) in [4.78, 5) is 11.7. The maximum atomic E-state index is 11.7. The van der Waals surface area contributed by atoms with E-state index in [0.717, 1.165) is 0 Å². The quantitative estimate of drug-likeness (QED) is 0.721. The highest BCUT2D eigenvalue weighted by atomic mass is 16.5. The second kappa shape index (κ2) is 4.12. The van der Waals surface area contributed by atoms with Gasteiger partial charge < -0.3 is 9.84 Å². The summed E-state index contributed by atoms with van der Waals surface area (Å²) in [7, 11) is 1.31. The molecule has 0 aliphatic rings. The van der Waals surface area contributed by atoms with Crippen molar-refractivity contribution >= 4 is 5.97 Å². The fourth-order valence-electron chi connectivity index (χ4n) is 1.58. The van der Waals surface area contributed by atoms with Crippen LogP contribution in [0.3, 0.4) is 0 Å². The third-order valence-corrected chi connectivity index (χ3v) is 2.55. The molecule has 0 aliphatic carbocycles. The van der Waals surface area contributed by atoms with E-state index in [1.165, 1.54) is 7.11 Å². The van der Waals surface area contributed by atoms with Gasteiger partial charge in [0.25, 0.3) is 0 Å². The van der Waals surface area contributed by atoms with Gasteiger partial charge in [-0.25, -0.2) is 4.79 Å². The Bertz CT molecular complexity index is 232. The third-order valence-electron chi connectivity index (χ3n) is 2.55. The molecule has 0 spiro atoms. The molecular weight excluding hydrogens is 192 g/mol. The zero-order chi connectivity index (χ0) is 12.5. The van der Waals surface area contributed by atoms with Crippen molar-refractivity contribution in [1.29, 1.82) is 0 Å². The van der Waals surface area contributed by atoms with Gasteiger partial charge in [-0.15, -0.1) is 0 Å². The molecule has 0 aromatic heterocycles. The van der Waals surface area contributed by atoms with Crippen LogP contribution in [0.1, 0.15) is 48.0 Å².